The van der Waals surface area contributed by atoms with Gasteiger partial charge in [0.25, 0.3) is 11.8 Å². The van der Waals surface area contributed by atoms with E-state index in [9.17, 15) is 9.59 Å². The topological polar surface area (TPSA) is 37.4 Å². The zero-order valence-corrected chi connectivity index (χ0v) is 12.6. The van der Waals surface area contributed by atoms with E-state index >= 15 is 0 Å². The standard InChI is InChI=1S/C15H15Cl2NO2/c1-2-10(11-6-4-3-5-7-11)8-9-18-14(19)12(16)13(17)15(18)20/h3-7,10H,2,8-9H2,1H3. The Bertz CT molecular complexity index is 530. The van der Waals surface area contributed by atoms with Gasteiger partial charge < -0.3 is 0 Å². The summed E-state index contributed by atoms with van der Waals surface area (Å²) in [6, 6.07) is 10.0. The van der Waals surface area contributed by atoms with Crippen LogP contribution in [0, 0.1) is 0 Å². The normalized spacial score (nSPS) is 17.1. The first-order valence-corrected chi connectivity index (χ1v) is 7.28. The van der Waals surface area contributed by atoms with Gasteiger partial charge in [0.1, 0.15) is 10.1 Å². The highest BCUT2D eigenvalue weighted by Crippen LogP contribution is 2.29. The fourth-order valence-electron chi connectivity index (χ4n) is 2.34. The number of hydrogen-bond acceptors (Lipinski definition) is 2. The van der Waals surface area contributed by atoms with E-state index in [0.717, 1.165) is 11.3 Å². The Morgan fingerprint density at radius 2 is 1.60 bits per heavy atom. The van der Waals surface area contributed by atoms with Crippen LogP contribution < -0.4 is 0 Å². The first-order chi connectivity index (χ1) is 9.56. The zero-order chi connectivity index (χ0) is 14.7. The number of rotatable bonds is 5. The molecule has 0 N–H and O–H groups in total. The molecule has 3 nitrogen and oxygen atoms in total. The highest BCUT2D eigenvalue weighted by atomic mass is 35.5. The van der Waals surface area contributed by atoms with E-state index in [1.54, 1.807) is 0 Å². The van der Waals surface area contributed by atoms with Crippen LogP contribution >= 0.6 is 23.2 Å². The molecular formula is C15H15Cl2NO2. The smallest absolute Gasteiger partial charge is 0.273 e. The lowest BCUT2D eigenvalue weighted by atomic mass is 9.93. The van der Waals surface area contributed by atoms with Gasteiger partial charge in [0.15, 0.2) is 0 Å². The van der Waals surface area contributed by atoms with Gasteiger partial charge >= 0.3 is 0 Å². The molecule has 5 heteroatoms. The molecular weight excluding hydrogens is 297 g/mol. The Kier molecular flexibility index (Phi) is 4.84. The van der Waals surface area contributed by atoms with Gasteiger partial charge in [0.05, 0.1) is 0 Å². The number of imide groups is 1. The van der Waals surface area contributed by atoms with Crippen molar-refractivity contribution < 1.29 is 9.59 Å². The molecule has 1 heterocycles. The summed E-state index contributed by atoms with van der Waals surface area (Å²) >= 11 is 11.4. The highest BCUT2D eigenvalue weighted by Gasteiger charge is 2.36. The first-order valence-electron chi connectivity index (χ1n) is 6.52. The molecule has 2 rings (SSSR count). The van der Waals surface area contributed by atoms with Gasteiger partial charge in [0.2, 0.25) is 0 Å². The lowest BCUT2D eigenvalue weighted by molar-refractivity contribution is -0.137. The molecule has 1 unspecified atom stereocenters. The van der Waals surface area contributed by atoms with Crippen molar-refractivity contribution in [1.82, 2.24) is 4.90 Å². The van der Waals surface area contributed by atoms with Crippen LogP contribution in [0.25, 0.3) is 0 Å². The minimum Gasteiger partial charge on any atom is -0.273 e. The van der Waals surface area contributed by atoms with Gasteiger partial charge in [-0.1, -0.05) is 60.5 Å². The second-order valence-corrected chi connectivity index (χ2v) is 5.45. The van der Waals surface area contributed by atoms with Gasteiger partial charge in [-0.3, -0.25) is 14.5 Å². The molecule has 0 bridgehead atoms. The van der Waals surface area contributed by atoms with Crippen LogP contribution in [0.2, 0.25) is 0 Å². The molecule has 2 amide bonds. The summed E-state index contributed by atoms with van der Waals surface area (Å²) in [4.78, 5) is 24.7. The lowest BCUT2D eigenvalue weighted by Crippen LogP contribution is -2.32. The molecule has 0 aromatic heterocycles. The number of halogens is 2. The summed E-state index contributed by atoms with van der Waals surface area (Å²) in [7, 11) is 0. The second-order valence-electron chi connectivity index (χ2n) is 4.69. The number of nitrogens with zero attached hydrogens (tertiary/aromatic N) is 1. The van der Waals surface area contributed by atoms with Crippen LogP contribution in [0.5, 0.6) is 0 Å². The van der Waals surface area contributed by atoms with Gasteiger partial charge in [-0.2, -0.15) is 0 Å². The van der Waals surface area contributed by atoms with E-state index < -0.39 is 11.8 Å². The number of carbonyl (C=O) groups excluding carboxylic acids is 2. The summed E-state index contributed by atoms with van der Waals surface area (Å²) in [6.45, 7) is 2.42. The quantitative estimate of drug-likeness (QED) is 0.779. The molecule has 0 fully saturated rings. The fourth-order valence-corrected chi connectivity index (χ4v) is 2.70. The van der Waals surface area contributed by atoms with Gasteiger partial charge in [-0.05, 0) is 24.3 Å². The molecule has 0 spiro atoms. The predicted octanol–water partition coefficient (Wildman–Crippen LogP) is 3.63. The van der Waals surface area contributed by atoms with E-state index in [1.165, 1.54) is 5.56 Å². The third-order valence-electron chi connectivity index (χ3n) is 3.52. The lowest BCUT2D eigenvalue weighted by Gasteiger charge is -2.19. The van der Waals surface area contributed by atoms with Crippen molar-refractivity contribution >= 4 is 35.0 Å². The molecule has 106 valence electrons. The monoisotopic (exact) mass is 311 g/mol. The van der Waals surface area contributed by atoms with E-state index in [2.05, 4.69) is 19.1 Å². The van der Waals surface area contributed by atoms with Crippen LogP contribution in [0.4, 0.5) is 0 Å². The predicted molar refractivity (Wildman–Crippen MR) is 79.5 cm³/mol. The van der Waals surface area contributed by atoms with Crippen molar-refractivity contribution in [1.29, 1.82) is 0 Å². The Morgan fingerprint density at radius 3 is 2.10 bits per heavy atom. The number of benzene rings is 1. The second kappa shape index (κ2) is 6.42. The largest absolute Gasteiger partial charge is 0.274 e. The summed E-state index contributed by atoms with van der Waals surface area (Å²) in [5.74, 6) is -0.691. The van der Waals surface area contributed by atoms with Crippen LogP contribution in [-0.2, 0) is 9.59 Å². The van der Waals surface area contributed by atoms with Gasteiger partial charge in [-0.25, -0.2) is 0 Å². The van der Waals surface area contributed by atoms with E-state index in [-0.39, 0.29) is 10.1 Å². The maximum Gasteiger partial charge on any atom is 0.274 e. The first kappa shape index (κ1) is 15.1. The average molecular weight is 312 g/mol. The van der Waals surface area contributed by atoms with Gasteiger partial charge in [0, 0.05) is 6.54 Å². The van der Waals surface area contributed by atoms with Crippen molar-refractivity contribution in [3.05, 3.63) is 46.0 Å². The third kappa shape index (κ3) is 2.89. The summed E-state index contributed by atoms with van der Waals surface area (Å²) < 4.78 is 0. The Balaban J connectivity index is 2.02. The van der Waals surface area contributed by atoms with Crippen LogP contribution in [0.1, 0.15) is 31.2 Å². The molecule has 0 saturated heterocycles. The Hall–Kier alpha value is -1.32. The average Bonchev–Trinajstić information content (AvgIpc) is 2.66. The summed E-state index contributed by atoms with van der Waals surface area (Å²) in [6.07, 6.45) is 1.64. The van der Waals surface area contributed by atoms with Crippen molar-refractivity contribution in [3.8, 4) is 0 Å². The minimum absolute atomic E-state index is 0.176. The summed E-state index contributed by atoms with van der Waals surface area (Å²) in [5.41, 5.74) is 1.21. The SMILES string of the molecule is CCC(CCN1C(=O)C(Cl)=C(Cl)C1=O)c1ccccc1. The Labute approximate surface area is 128 Å². The van der Waals surface area contributed by atoms with Crippen molar-refractivity contribution in [2.75, 3.05) is 6.54 Å². The summed E-state index contributed by atoms with van der Waals surface area (Å²) in [5, 5.41) is -0.353. The molecule has 0 saturated carbocycles. The van der Waals surface area contributed by atoms with E-state index in [4.69, 9.17) is 23.2 Å². The molecule has 1 aromatic carbocycles. The zero-order valence-electron chi connectivity index (χ0n) is 11.1. The maximum atomic E-state index is 11.8. The maximum absolute atomic E-state index is 11.8. The van der Waals surface area contributed by atoms with Crippen LogP contribution in [0.3, 0.4) is 0 Å². The third-order valence-corrected chi connectivity index (χ3v) is 4.32. The van der Waals surface area contributed by atoms with Crippen molar-refractivity contribution in [2.45, 2.75) is 25.7 Å². The van der Waals surface area contributed by atoms with E-state index in [0.29, 0.717) is 18.9 Å². The molecule has 0 aliphatic carbocycles. The molecule has 1 aromatic rings. The highest BCUT2D eigenvalue weighted by molar-refractivity contribution is 6.58. The molecule has 20 heavy (non-hydrogen) atoms. The Morgan fingerprint density at radius 1 is 1.05 bits per heavy atom. The van der Waals surface area contributed by atoms with Crippen LogP contribution in [-0.4, -0.2) is 23.3 Å². The van der Waals surface area contributed by atoms with Gasteiger partial charge in [-0.15, -0.1) is 0 Å². The van der Waals surface area contributed by atoms with Crippen molar-refractivity contribution in [3.63, 3.8) is 0 Å². The van der Waals surface area contributed by atoms with Crippen LogP contribution in [0.15, 0.2) is 40.4 Å². The molecule has 0 radical (unpaired) electrons. The van der Waals surface area contributed by atoms with Crippen molar-refractivity contribution in [2.24, 2.45) is 0 Å². The molecule has 1 aliphatic heterocycles. The minimum atomic E-state index is -0.496. The fraction of sp³-hybridized carbons (Fsp3) is 0.333. The number of hydrogen-bond donors (Lipinski definition) is 0. The number of amides is 2. The number of carbonyl (C=O) groups is 2. The molecule has 1 aliphatic rings. The van der Waals surface area contributed by atoms with E-state index in [1.807, 2.05) is 18.2 Å². The molecule has 1 atom stereocenters.